The molecule has 27 heavy (non-hydrogen) atoms. The fourth-order valence-corrected chi connectivity index (χ4v) is 4.70. The summed E-state index contributed by atoms with van der Waals surface area (Å²) in [6, 6.07) is 6.06. The van der Waals surface area contributed by atoms with Crippen LogP contribution < -0.4 is 0 Å². The van der Waals surface area contributed by atoms with Gasteiger partial charge in [-0.2, -0.15) is 4.31 Å². The van der Waals surface area contributed by atoms with Crippen molar-refractivity contribution in [3.8, 4) is 0 Å². The summed E-state index contributed by atoms with van der Waals surface area (Å²) in [6.07, 6.45) is 1.16. The van der Waals surface area contributed by atoms with Gasteiger partial charge in [0.1, 0.15) is 0 Å². The normalized spacial score (nSPS) is 15.8. The summed E-state index contributed by atoms with van der Waals surface area (Å²) in [6.45, 7) is 7.49. The molecule has 1 amide bonds. The molecule has 0 atom stereocenters. The van der Waals surface area contributed by atoms with Gasteiger partial charge in [0.2, 0.25) is 10.0 Å². The number of carbonyl (C=O) groups excluding carboxylic acids is 2. The highest BCUT2D eigenvalue weighted by atomic mass is 32.2. The monoisotopic (exact) mass is 396 g/mol. The van der Waals surface area contributed by atoms with Gasteiger partial charge in [-0.1, -0.05) is 13.8 Å². The first kappa shape index (κ1) is 21.4. The van der Waals surface area contributed by atoms with Gasteiger partial charge in [-0.3, -0.25) is 9.59 Å². The van der Waals surface area contributed by atoms with Gasteiger partial charge in [0.15, 0.2) is 0 Å². The Bertz CT molecular complexity index is 749. The van der Waals surface area contributed by atoms with Crippen molar-refractivity contribution in [2.75, 3.05) is 32.8 Å². The van der Waals surface area contributed by atoms with Crippen LogP contribution in [-0.4, -0.2) is 62.3 Å². The number of likely N-dealkylation sites (tertiary alicyclic amines) is 1. The molecule has 0 radical (unpaired) electrons. The predicted octanol–water partition coefficient (Wildman–Crippen LogP) is 2.13. The Labute approximate surface area is 161 Å². The maximum Gasteiger partial charge on any atom is 0.309 e. The predicted molar refractivity (Wildman–Crippen MR) is 102 cm³/mol. The number of carbonyl (C=O) groups is 2. The van der Waals surface area contributed by atoms with Crippen molar-refractivity contribution in [3.63, 3.8) is 0 Å². The third kappa shape index (κ3) is 4.87. The van der Waals surface area contributed by atoms with Gasteiger partial charge in [-0.15, -0.1) is 0 Å². The number of amides is 1. The molecule has 0 saturated carbocycles. The van der Waals surface area contributed by atoms with Crippen LogP contribution in [0.15, 0.2) is 29.2 Å². The van der Waals surface area contributed by atoms with Gasteiger partial charge in [-0.25, -0.2) is 8.42 Å². The lowest BCUT2D eigenvalue weighted by Gasteiger charge is -2.31. The lowest BCUT2D eigenvalue weighted by Crippen LogP contribution is -2.40. The van der Waals surface area contributed by atoms with Crippen molar-refractivity contribution in [1.82, 2.24) is 9.21 Å². The summed E-state index contributed by atoms with van der Waals surface area (Å²) >= 11 is 0. The zero-order chi connectivity index (χ0) is 20.0. The van der Waals surface area contributed by atoms with Crippen LogP contribution in [0.1, 0.15) is 44.0 Å². The average molecular weight is 397 g/mol. The molecule has 1 aromatic rings. The van der Waals surface area contributed by atoms with Gasteiger partial charge in [0.25, 0.3) is 5.91 Å². The van der Waals surface area contributed by atoms with Gasteiger partial charge in [-0.05, 0) is 44.0 Å². The molecule has 1 aliphatic heterocycles. The Hall–Kier alpha value is -1.93. The van der Waals surface area contributed by atoms with E-state index in [4.69, 9.17) is 4.74 Å². The highest BCUT2D eigenvalue weighted by Crippen LogP contribution is 2.22. The number of nitrogens with zero attached hydrogens (tertiary/aromatic N) is 2. The van der Waals surface area contributed by atoms with E-state index in [1.54, 1.807) is 37.8 Å². The summed E-state index contributed by atoms with van der Waals surface area (Å²) in [7, 11) is -3.53. The maximum atomic E-state index is 12.7. The third-order valence-electron chi connectivity index (χ3n) is 4.85. The van der Waals surface area contributed by atoms with Crippen LogP contribution in [0.5, 0.6) is 0 Å². The number of hydrogen-bond acceptors (Lipinski definition) is 5. The van der Waals surface area contributed by atoms with Crippen molar-refractivity contribution >= 4 is 21.9 Å². The number of esters is 1. The van der Waals surface area contributed by atoms with Crippen LogP contribution in [0.4, 0.5) is 0 Å². The molecule has 0 spiro atoms. The van der Waals surface area contributed by atoms with Crippen LogP contribution in [0.2, 0.25) is 0 Å². The molecule has 0 N–H and O–H groups in total. The van der Waals surface area contributed by atoms with E-state index < -0.39 is 10.0 Å². The highest BCUT2D eigenvalue weighted by Gasteiger charge is 2.29. The summed E-state index contributed by atoms with van der Waals surface area (Å²) in [4.78, 5) is 26.3. The first-order valence-electron chi connectivity index (χ1n) is 9.41. The molecule has 1 saturated heterocycles. The lowest BCUT2D eigenvalue weighted by molar-refractivity contribution is -0.149. The second kappa shape index (κ2) is 9.32. The van der Waals surface area contributed by atoms with E-state index in [2.05, 4.69) is 0 Å². The minimum Gasteiger partial charge on any atom is -0.466 e. The molecule has 1 aromatic carbocycles. The van der Waals surface area contributed by atoms with E-state index in [-0.39, 0.29) is 22.7 Å². The standard InChI is InChI=1S/C19H28N2O5S/c1-4-21(5-2)27(24,25)17-9-7-15(8-10-17)18(22)20-13-11-16(12-14-20)19(23)26-6-3/h7-10,16H,4-6,11-14H2,1-3H3. The fourth-order valence-electron chi connectivity index (χ4n) is 3.24. The summed E-state index contributed by atoms with van der Waals surface area (Å²) in [5.41, 5.74) is 0.447. The summed E-state index contributed by atoms with van der Waals surface area (Å²) in [5.74, 6) is -0.504. The van der Waals surface area contributed by atoms with Gasteiger partial charge < -0.3 is 9.64 Å². The van der Waals surface area contributed by atoms with Crippen LogP contribution in [0, 0.1) is 5.92 Å². The first-order valence-corrected chi connectivity index (χ1v) is 10.8. The average Bonchev–Trinajstić information content (AvgIpc) is 2.68. The molecule has 1 aliphatic rings. The second-order valence-corrected chi connectivity index (χ2v) is 8.37. The molecule has 1 heterocycles. The van der Waals surface area contributed by atoms with Crippen molar-refractivity contribution in [2.45, 2.75) is 38.5 Å². The first-order chi connectivity index (χ1) is 12.8. The Morgan fingerprint density at radius 3 is 2.11 bits per heavy atom. The molecule has 0 unspecified atom stereocenters. The number of ether oxygens (including phenoxy) is 1. The molecular weight excluding hydrogens is 368 g/mol. The zero-order valence-electron chi connectivity index (χ0n) is 16.2. The van der Waals surface area contributed by atoms with Crippen LogP contribution >= 0.6 is 0 Å². The topological polar surface area (TPSA) is 84.0 Å². The second-order valence-electron chi connectivity index (χ2n) is 6.43. The number of rotatable bonds is 7. The highest BCUT2D eigenvalue weighted by molar-refractivity contribution is 7.89. The van der Waals surface area contributed by atoms with E-state index in [9.17, 15) is 18.0 Å². The molecule has 7 nitrogen and oxygen atoms in total. The fraction of sp³-hybridized carbons (Fsp3) is 0.579. The summed E-state index contributed by atoms with van der Waals surface area (Å²) < 4.78 is 31.5. The molecular formula is C19H28N2O5S. The lowest BCUT2D eigenvalue weighted by atomic mass is 9.96. The van der Waals surface area contributed by atoms with E-state index in [1.165, 1.54) is 16.4 Å². The quantitative estimate of drug-likeness (QED) is 0.659. The Kier molecular flexibility index (Phi) is 7.38. The number of piperidine rings is 1. The largest absolute Gasteiger partial charge is 0.466 e. The van der Waals surface area contributed by atoms with Crippen molar-refractivity contribution in [1.29, 1.82) is 0 Å². The Morgan fingerprint density at radius 2 is 1.63 bits per heavy atom. The van der Waals surface area contributed by atoms with Gasteiger partial charge >= 0.3 is 5.97 Å². The van der Waals surface area contributed by atoms with Crippen molar-refractivity contribution in [2.24, 2.45) is 5.92 Å². The molecule has 0 aliphatic carbocycles. The Balaban J connectivity index is 2.03. The number of benzene rings is 1. The molecule has 0 aromatic heterocycles. The van der Waals surface area contributed by atoms with Crippen LogP contribution in [-0.2, 0) is 19.6 Å². The molecule has 8 heteroatoms. The maximum absolute atomic E-state index is 12.7. The number of sulfonamides is 1. The van der Waals surface area contributed by atoms with Crippen LogP contribution in [0.25, 0.3) is 0 Å². The van der Waals surface area contributed by atoms with E-state index in [0.717, 1.165) is 0 Å². The van der Waals surface area contributed by atoms with E-state index in [1.807, 2.05) is 0 Å². The van der Waals surface area contributed by atoms with E-state index in [0.29, 0.717) is 51.2 Å². The van der Waals surface area contributed by atoms with Crippen molar-refractivity contribution in [3.05, 3.63) is 29.8 Å². The molecule has 150 valence electrons. The summed E-state index contributed by atoms with van der Waals surface area (Å²) in [5, 5.41) is 0. The van der Waals surface area contributed by atoms with Crippen molar-refractivity contribution < 1.29 is 22.7 Å². The zero-order valence-corrected chi connectivity index (χ0v) is 17.0. The van der Waals surface area contributed by atoms with Gasteiger partial charge in [0.05, 0.1) is 17.4 Å². The smallest absolute Gasteiger partial charge is 0.309 e. The Morgan fingerprint density at radius 1 is 1.07 bits per heavy atom. The minimum absolute atomic E-state index is 0.149. The minimum atomic E-state index is -3.53. The molecule has 1 fully saturated rings. The third-order valence-corrected chi connectivity index (χ3v) is 6.91. The van der Waals surface area contributed by atoms with Gasteiger partial charge in [0, 0.05) is 31.7 Å². The van der Waals surface area contributed by atoms with Crippen LogP contribution in [0.3, 0.4) is 0 Å². The SMILES string of the molecule is CCOC(=O)C1CCN(C(=O)c2ccc(S(=O)(=O)N(CC)CC)cc2)CC1. The molecule has 2 rings (SSSR count). The van der Waals surface area contributed by atoms with E-state index >= 15 is 0 Å². The number of hydrogen-bond donors (Lipinski definition) is 0. The molecule has 0 bridgehead atoms.